The van der Waals surface area contributed by atoms with Gasteiger partial charge in [0, 0.05) is 18.8 Å². The van der Waals surface area contributed by atoms with Gasteiger partial charge in [-0.2, -0.15) is 0 Å². The van der Waals surface area contributed by atoms with Gasteiger partial charge in [-0.3, -0.25) is 9.10 Å². The Morgan fingerprint density at radius 3 is 2.56 bits per heavy atom. The highest BCUT2D eigenvalue weighted by Gasteiger charge is 2.22. The van der Waals surface area contributed by atoms with Crippen LogP contribution in [0.25, 0.3) is 0 Å². The van der Waals surface area contributed by atoms with Gasteiger partial charge in [0.25, 0.3) is 15.9 Å². The molecule has 0 fully saturated rings. The zero-order valence-electron chi connectivity index (χ0n) is 17.9. The number of carbonyl (C=O) groups excluding carboxylic acids is 2. The van der Waals surface area contributed by atoms with Crippen molar-refractivity contribution in [1.82, 2.24) is 0 Å². The molecule has 0 aliphatic carbocycles. The van der Waals surface area contributed by atoms with Gasteiger partial charge in [-0.25, -0.2) is 13.2 Å². The highest BCUT2D eigenvalue weighted by Crippen LogP contribution is 2.34. The maximum atomic E-state index is 12.6. The van der Waals surface area contributed by atoms with E-state index in [1.54, 1.807) is 41.8 Å². The lowest BCUT2D eigenvalue weighted by atomic mass is 10.3. The van der Waals surface area contributed by atoms with Crippen molar-refractivity contribution >= 4 is 44.6 Å². The molecule has 2 aromatic carbocycles. The number of fused-ring (bicyclic) bond motifs is 1. The zero-order chi connectivity index (χ0) is 24.1. The van der Waals surface area contributed by atoms with E-state index in [9.17, 15) is 18.0 Å². The number of esters is 1. The van der Waals surface area contributed by atoms with Gasteiger partial charge in [-0.15, -0.1) is 11.3 Å². The minimum absolute atomic E-state index is 0.123. The third kappa shape index (κ3) is 5.41. The van der Waals surface area contributed by atoms with E-state index in [-0.39, 0.29) is 11.0 Å². The van der Waals surface area contributed by atoms with Crippen molar-refractivity contribution in [2.24, 2.45) is 0 Å². The monoisotopic (exact) mass is 504 g/mol. The molecule has 10 nitrogen and oxygen atoms in total. The Morgan fingerprint density at radius 1 is 1.06 bits per heavy atom. The van der Waals surface area contributed by atoms with Crippen molar-refractivity contribution in [2.45, 2.75) is 4.21 Å². The average Bonchev–Trinajstić information content (AvgIpc) is 3.53. The molecule has 0 radical (unpaired) electrons. The van der Waals surface area contributed by atoms with Crippen LogP contribution in [0.15, 0.2) is 64.2 Å². The Balaban J connectivity index is 1.23. The van der Waals surface area contributed by atoms with E-state index in [1.807, 2.05) is 0 Å². The van der Waals surface area contributed by atoms with E-state index in [4.69, 9.17) is 18.9 Å². The van der Waals surface area contributed by atoms with Crippen LogP contribution in [0.5, 0.6) is 17.2 Å². The van der Waals surface area contributed by atoms with E-state index < -0.39 is 35.1 Å². The number of hydrogen-bond acceptors (Lipinski definition) is 9. The number of hydrogen-bond donors (Lipinski definition) is 1. The van der Waals surface area contributed by atoms with Gasteiger partial charge in [0.05, 0.1) is 5.69 Å². The summed E-state index contributed by atoms with van der Waals surface area (Å²) in [6.07, 6.45) is 0. The number of ether oxygens (including phenoxy) is 4. The van der Waals surface area contributed by atoms with Crippen molar-refractivity contribution in [3.63, 3.8) is 0 Å². The molecule has 1 aromatic heterocycles. The third-order valence-electron chi connectivity index (χ3n) is 4.69. The molecule has 0 unspecified atom stereocenters. The first-order chi connectivity index (χ1) is 16.3. The molecular weight excluding hydrogens is 484 g/mol. The van der Waals surface area contributed by atoms with Crippen molar-refractivity contribution in [2.75, 3.05) is 36.7 Å². The molecule has 0 atom stereocenters. The number of nitrogens with zero attached hydrogens (tertiary/aromatic N) is 1. The number of sulfonamides is 1. The fourth-order valence-corrected chi connectivity index (χ4v) is 5.29. The molecule has 4 rings (SSSR count). The first-order valence-electron chi connectivity index (χ1n) is 9.93. The van der Waals surface area contributed by atoms with E-state index >= 15 is 0 Å². The first-order valence-corrected chi connectivity index (χ1v) is 12.3. The average molecular weight is 505 g/mol. The maximum absolute atomic E-state index is 12.6. The molecule has 1 N–H and O–H groups in total. The molecule has 34 heavy (non-hydrogen) atoms. The second-order valence-corrected chi connectivity index (χ2v) is 10.1. The standard InChI is InChI=1S/C22H20N2O8S2/c1-24(34(27,28)22-3-2-10-33-22)16-5-7-17(8-6-16)29-13-21(26)30-12-20(25)23-15-4-9-18-19(11-15)32-14-31-18/h2-11H,12-14H2,1H3,(H,23,25). The van der Waals surface area contributed by atoms with Gasteiger partial charge in [0.1, 0.15) is 9.96 Å². The van der Waals surface area contributed by atoms with Crippen LogP contribution in [0.4, 0.5) is 11.4 Å². The predicted octanol–water partition coefficient (Wildman–Crippen LogP) is 2.86. The second-order valence-electron chi connectivity index (χ2n) is 6.96. The molecule has 3 aromatic rings. The van der Waals surface area contributed by atoms with Crippen molar-refractivity contribution in [1.29, 1.82) is 0 Å². The molecule has 1 amide bonds. The number of nitrogens with one attached hydrogen (secondary N) is 1. The molecule has 0 saturated heterocycles. The zero-order valence-corrected chi connectivity index (χ0v) is 19.6. The molecular formula is C22H20N2O8S2. The summed E-state index contributed by atoms with van der Waals surface area (Å²) in [7, 11) is -2.19. The third-order valence-corrected chi connectivity index (χ3v) is 7.85. The van der Waals surface area contributed by atoms with Gasteiger partial charge >= 0.3 is 5.97 Å². The quantitative estimate of drug-likeness (QED) is 0.442. The van der Waals surface area contributed by atoms with Gasteiger partial charge in [0.2, 0.25) is 6.79 Å². The summed E-state index contributed by atoms with van der Waals surface area (Å²) in [6, 6.07) is 14.3. The molecule has 0 bridgehead atoms. The summed E-state index contributed by atoms with van der Waals surface area (Å²) in [4.78, 5) is 23.9. The lowest BCUT2D eigenvalue weighted by Crippen LogP contribution is -2.25. The summed E-state index contributed by atoms with van der Waals surface area (Å²) in [5.74, 6) is 0.191. The van der Waals surface area contributed by atoms with Crippen LogP contribution >= 0.6 is 11.3 Å². The largest absolute Gasteiger partial charge is 0.482 e. The summed E-state index contributed by atoms with van der Waals surface area (Å²) >= 11 is 1.13. The normalized spacial score (nSPS) is 12.1. The van der Waals surface area contributed by atoms with E-state index in [0.717, 1.165) is 15.6 Å². The number of carbonyl (C=O) groups is 2. The first kappa shape index (κ1) is 23.4. The SMILES string of the molecule is CN(c1ccc(OCC(=O)OCC(=O)Nc2ccc3c(c2)OCO3)cc1)S(=O)(=O)c1cccs1. The van der Waals surface area contributed by atoms with E-state index in [0.29, 0.717) is 28.6 Å². The van der Waals surface area contributed by atoms with Crippen LogP contribution < -0.4 is 23.8 Å². The minimum atomic E-state index is -3.64. The lowest BCUT2D eigenvalue weighted by Gasteiger charge is -2.18. The molecule has 0 spiro atoms. The molecule has 178 valence electrons. The van der Waals surface area contributed by atoms with Gasteiger partial charge in [0.15, 0.2) is 24.7 Å². The number of anilines is 2. The number of rotatable bonds is 9. The lowest BCUT2D eigenvalue weighted by molar-refractivity contribution is -0.149. The number of benzene rings is 2. The number of thiophene rings is 1. The van der Waals surface area contributed by atoms with Gasteiger partial charge in [-0.05, 0) is 47.8 Å². The highest BCUT2D eigenvalue weighted by molar-refractivity contribution is 7.94. The summed E-state index contributed by atoms with van der Waals surface area (Å²) in [5, 5.41) is 4.29. The summed E-state index contributed by atoms with van der Waals surface area (Å²) < 4.78 is 47.3. The van der Waals surface area contributed by atoms with Crippen molar-refractivity contribution < 1.29 is 37.0 Å². The summed E-state index contributed by atoms with van der Waals surface area (Å²) in [6.45, 7) is -0.779. The fraction of sp³-hybridized carbons (Fsp3) is 0.182. The van der Waals surface area contributed by atoms with Crippen LogP contribution in [0, 0.1) is 0 Å². The van der Waals surface area contributed by atoms with Crippen LogP contribution in [-0.4, -0.2) is 47.3 Å². The molecule has 1 aliphatic heterocycles. The van der Waals surface area contributed by atoms with E-state index in [2.05, 4.69) is 5.32 Å². The van der Waals surface area contributed by atoms with Crippen LogP contribution in [0.3, 0.4) is 0 Å². The Bertz CT molecular complexity index is 1270. The molecule has 1 aliphatic rings. The Morgan fingerprint density at radius 2 is 1.82 bits per heavy atom. The highest BCUT2D eigenvalue weighted by atomic mass is 32.2. The Labute approximate surface area is 199 Å². The molecule has 0 saturated carbocycles. The van der Waals surface area contributed by atoms with Crippen molar-refractivity contribution in [3.05, 3.63) is 60.0 Å². The van der Waals surface area contributed by atoms with Crippen LogP contribution in [0.1, 0.15) is 0 Å². The van der Waals surface area contributed by atoms with Crippen molar-refractivity contribution in [3.8, 4) is 17.2 Å². The topological polar surface area (TPSA) is 120 Å². The Hall–Kier alpha value is -3.77. The minimum Gasteiger partial charge on any atom is -0.482 e. The van der Waals surface area contributed by atoms with E-state index in [1.165, 1.54) is 25.2 Å². The fourth-order valence-electron chi connectivity index (χ4n) is 2.94. The maximum Gasteiger partial charge on any atom is 0.344 e. The predicted molar refractivity (Wildman–Crippen MR) is 124 cm³/mol. The van der Waals surface area contributed by atoms with Crippen LogP contribution in [-0.2, 0) is 24.3 Å². The van der Waals surface area contributed by atoms with Crippen LogP contribution in [0.2, 0.25) is 0 Å². The van der Waals surface area contributed by atoms with Gasteiger partial charge < -0.3 is 24.3 Å². The summed E-state index contributed by atoms with van der Waals surface area (Å²) in [5.41, 5.74) is 0.913. The molecule has 12 heteroatoms. The number of amides is 1. The smallest absolute Gasteiger partial charge is 0.344 e. The van der Waals surface area contributed by atoms with Gasteiger partial charge in [-0.1, -0.05) is 6.07 Å². The Kier molecular flexibility index (Phi) is 6.89. The second kappa shape index (κ2) is 10.0. The molecule has 2 heterocycles.